The highest BCUT2D eigenvalue weighted by Gasteiger charge is 2.09. The van der Waals surface area contributed by atoms with Crippen LogP contribution in [0.2, 0.25) is 0 Å². The Hall–Kier alpha value is -1.39. The van der Waals surface area contributed by atoms with E-state index in [1.807, 2.05) is 7.05 Å². The smallest absolute Gasteiger partial charge is 0.226 e. The van der Waals surface area contributed by atoms with Crippen LogP contribution >= 0.6 is 12.4 Å². The van der Waals surface area contributed by atoms with E-state index in [-0.39, 0.29) is 12.4 Å². The normalized spacial score (nSPS) is 12.2. The van der Waals surface area contributed by atoms with Gasteiger partial charge in [-0.3, -0.25) is 0 Å². The Balaban J connectivity index is 0.00000242. The Morgan fingerprint density at radius 1 is 1.09 bits per heavy atom. The number of nitrogens with zero attached hydrogens (tertiary/aromatic N) is 2. The zero-order valence-electron chi connectivity index (χ0n) is 13.8. The van der Waals surface area contributed by atoms with Crippen molar-refractivity contribution in [3.8, 4) is 0 Å². The van der Waals surface area contributed by atoms with Crippen molar-refractivity contribution in [1.29, 1.82) is 0 Å². The molecule has 122 valence electrons. The lowest BCUT2D eigenvalue weighted by atomic mass is 10.0. The summed E-state index contributed by atoms with van der Waals surface area (Å²) in [6.07, 6.45) is 2.52. The standard InChI is InChI=1S/C17H25N3O.ClH/c1-12(2)15-8-5-14(6-9-15)7-10-17-19-16(20-21-17)11-13(3)18-4;/h5-6,8-9,12-13,18H,7,10-11H2,1-4H3;1H. The summed E-state index contributed by atoms with van der Waals surface area (Å²) in [6, 6.07) is 9.14. The second kappa shape index (κ2) is 8.91. The van der Waals surface area contributed by atoms with E-state index in [4.69, 9.17) is 4.52 Å². The molecule has 0 aliphatic carbocycles. The summed E-state index contributed by atoms with van der Waals surface area (Å²) in [7, 11) is 1.94. The molecule has 0 radical (unpaired) electrons. The maximum atomic E-state index is 5.30. The van der Waals surface area contributed by atoms with Crippen LogP contribution in [0.3, 0.4) is 0 Å². The highest BCUT2D eigenvalue weighted by atomic mass is 35.5. The lowest BCUT2D eigenvalue weighted by Gasteiger charge is -2.06. The van der Waals surface area contributed by atoms with E-state index in [0.29, 0.717) is 12.0 Å². The van der Waals surface area contributed by atoms with Crippen molar-refractivity contribution in [2.24, 2.45) is 0 Å². The van der Waals surface area contributed by atoms with E-state index in [2.05, 4.69) is 60.5 Å². The largest absolute Gasteiger partial charge is 0.339 e. The minimum absolute atomic E-state index is 0. The van der Waals surface area contributed by atoms with Crippen LogP contribution < -0.4 is 5.32 Å². The molecule has 2 rings (SSSR count). The average molecular weight is 324 g/mol. The second-order valence-corrected chi connectivity index (χ2v) is 5.89. The van der Waals surface area contributed by atoms with Gasteiger partial charge in [0.15, 0.2) is 5.82 Å². The van der Waals surface area contributed by atoms with E-state index >= 15 is 0 Å². The fourth-order valence-corrected chi connectivity index (χ4v) is 2.17. The van der Waals surface area contributed by atoms with Crippen LogP contribution in [0.15, 0.2) is 28.8 Å². The number of hydrogen-bond donors (Lipinski definition) is 1. The van der Waals surface area contributed by atoms with Crippen LogP contribution in [0.5, 0.6) is 0 Å². The molecule has 0 amide bonds. The molecule has 1 heterocycles. The molecular weight excluding hydrogens is 298 g/mol. The molecule has 0 saturated heterocycles. The molecule has 4 nitrogen and oxygen atoms in total. The van der Waals surface area contributed by atoms with E-state index < -0.39 is 0 Å². The average Bonchev–Trinajstić information content (AvgIpc) is 2.93. The first-order chi connectivity index (χ1) is 10.1. The molecule has 0 aliphatic heterocycles. The molecular formula is C17H26ClN3O. The molecule has 5 heteroatoms. The molecule has 1 atom stereocenters. The number of benzene rings is 1. The van der Waals surface area contributed by atoms with Gasteiger partial charge in [-0.15, -0.1) is 12.4 Å². The van der Waals surface area contributed by atoms with Gasteiger partial charge in [0.1, 0.15) is 0 Å². The van der Waals surface area contributed by atoms with Gasteiger partial charge in [-0.1, -0.05) is 43.3 Å². The SMILES string of the molecule is CNC(C)Cc1noc(CCc2ccc(C(C)C)cc2)n1.Cl. The summed E-state index contributed by atoms with van der Waals surface area (Å²) in [4.78, 5) is 4.44. The quantitative estimate of drug-likeness (QED) is 0.846. The minimum Gasteiger partial charge on any atom is -0.339 e. The third-order valence-corrected chi connectivity index (χ3v) is 3.77. The van der Waals surface area contributed by atoms with E-state index in [1.165, 1.54) is 11.1 Å². The van der Waals surface area contributed by atoms with Gasteiger partial charge in [0.05, 0.1) is 0 Å². The van der Waals surface area contributed by atoms with Crippen molar-refractivity contribution in [2.75, 3.05) is 7.05 Å². The maximum Gasteiger partial charge on any atom is 0.226 e. The predicted octanol–water partition coefficient (Wildman–Crippen LogP) is 3.55. The van der Waals surface area contributed by atoms with Crippen molar-refractivity contribution < 1.29 is 4.52 Å². The lowest BCUT2D eigenvalue weighted by Crippen LogP contribution is -2.24. The van der Waals surface area contributed by atoms with Crippen molar-refractivity contribution in [3.05, 3.63) is 47.1 Å². The third kappa shape index (κ3) is 5.43. The highest BCUT2D eigenvalue weighted by Crippen LogP contribution is 2.15. The lowest BCUT2D eigenvalue weighted by molar-refractivity contribution is 0.371. The molecule has 1 aromatic heterocycles. The first kappa shape index (κ1) is 18.7. The van der Waals surface area contributed by atoms with Crippen molar-refractivity contribution in [3.63, 3.8) is 0 Å². The van der Waals surface area contributed by atoms with E-state index in [9.17, 15) is 0 Å². The van der Waals surface area contributed by atoms with Crippen LogP contribution in [-0.2, 0) is 19.3 Å². The van der Waals surface area contributed by atoms with Crippen LogP contribution in [0.1, 0.15) is 49.5 Å². The molecule has 0 saturated carbocycles. The molecule has 0 bridgehead atoms. The number of aromatic nitrogens is 2. The fraction of sp³-hybridized carbons (Fsp3) is 0.529. The monoisotopic (exact) mass is 323 g/mol. The maximum absolute atomic E-state index is 5.30. The summed E-state index contributed by atoms with van der Waals surface area (Å²) in [5.74, 6) is 2.08. The summed E-state index contributed by atoms with van der Waals surface area (Å²) >= 11 is 0. The van der Waals surface area contributed by atoms with Crippen molar-refractivity contribution >= 4 is 12.4 Å². The van der Waals surface area contributed by atoms with Crippen LogP contribution in [0.4, 0.5) is 0 Å². The van der Waals surface area contributed by atoms with Gasteiger partial charge >= 0.3 is 0 Å². The van der Waals surface area contributed by atoms with Crippen LogP contribution in [-0.4, -0.2) is 23.2 Å². The summed E-state index contributed by atoms with van der Waals surface area (Å²) in [5.41, 5.74) is 2.68. The first-order valence-electron chi connectivity index (χ1n) is 7.66. The molecule has 0 spiro atoms. The number of aryl methyl sites for hydroxylation is 2. The number of hydrogen-bond acceptors (Lipinski definition) is 4. The Morgan fingerprint density at radius 2 is 1.77 bits per heavy atom. The topological polar surface area (TPSA) is 51.0 Å². The molecule has 22 heavy (non-hydrogen) atoms. The summed E-state index contributed by atoms with van der Waals surface area (Å²) in [5, 5.41) is 7.20. The molecule has 1 aromatic carbocycles. The van der Waals surface area contributed by atoms with Gasteiger partial charge in [0, 0.05) is 18.9 Å². The van der Waals surface area contributed by atoms with Gasteiger partial charge < -0.3 is 9.84 Å². The van der Waals surface area contributed by atoms with Gasteiger partial charge in [0.2, 0.25) is 5.89 Å². The molecule has 1 unspecified atom stereocenters. The highest BCUT2D eigenvalue weighted by molar-refractivity contribution is 5.85. The number of likely N-dealkylation sites (N-methyl/N-ethyl adjacent to an activating group) is 1. The van der Waals surface area contributed by atoms with Gasteiger partial charge in [-0.2, -0.15) is 4.98 Å². The zero-order valence-corrected chi connectivity index (χ0v) is 14.6. The predicted molar refractivity (Wildman–Crippen MR) is 91.7 cm³/mol. The van der Waals surface area contributed by atoms with Gasteiger partial charge in [-0.25, -0.2) is 0 Å². The first-order valence-corrected chi connectivity index (χ1v) is 7.66. The fourth-order valence-electron chi connectivity index (χ4n) is 2.17. The Bertz CT molecular complexity index is 551. The molecule has 1 N–H and O–H groups in total. The van der Waals surface area contributed by atoms with E-state index in [1.54, 1.807) is 0 Å². The van der Waals surface area contributed by atoms with Gasteiger partial charge in [-0.05, 0) is 37.4 Å². The van der Waals surface area contributed by atoms with Crippen molar-refractivity contribution in [1.82, 2.24) is 15.5 Å². The van der Waals surface area contributed by atoms with Crippen LogP contribution in [0, 0.1) is 0 Å². The van der Waals surface area contributed by atoms with Crippen molar-refractivity contribution in [2.45, 2.75) is 52.0 Å². The molecule has 0 fully saturated rings. The van der Waals surface area contributed by atoms with Crippen LogP contribution in [0.25, 0.3) is 0 Å². The molecule has 2 aromatic rings. The molecule has 0 aliphatic rings. The number of rotatable bonds is 7. The number of nitrogens with one attached hydrogen (secondary N) is 1. The second-order valence-electron chi connectivity index (χ2n) is 5.89. The Labute approximate surface area is 139 Å². The number of halogens is 1. The summed E-state index contributed by atoms with van der Waals surface area (Å²) < 4.78 is 5.30. The Morgan fingerprint density at radius 3 is 2.36 bits per heavy atom. The van der Waals surface area contributed by atoms with Gasteiger partial charge in [0.25, 0.3) is 0 Å². The summed E-state index contributed by atoms with van der Waals surface area (Å²) in [6.45, 7) is 6.52. The van der Waals surface area contributed by atoms with E-state index in [0.717, 1.165) is 31.0 Å². The third-order valence-electron chi connectivity index (χ3n) is 3.77. The minimum atomic E-state index is 0. The zero-order chi connectivity index (χ0) is 15.2. The Kier molecular flexibility index (Phi) is 7.56.